The molecule has 0 heterocycles. The van der Waals surface area contributed by atoms with Gasteiger partial charge in [-0.1, -0.05) is 6.92 Å². The Kier molecular flexibility index (Phi) is 7.06. The number of rotatable bonds is 8. The molecule has 0 unspecified atom stereocenters. The first-order valence-electron chi connectivity index (χ1n) is 6.81. The third-order valence-electron chi connectivity index (χ3n) is 3.17. The van der Waals surface area contributed by atoms with Gasteiger partial charge < -0.3 is 4.74 Å². The largest absolute Gasteiger partial charge is 0.380 e. The maximum Gasteiger partial charge on any atom is 0.243 e. The smallest absolute Gasteiger partial charge is 0.243 e. The quantitative estimate of drug-likeness (QED) is 0.541. The number of likely N-dealkylation sites (N-methyl/N-ethyl adjacent to an activating group) is 1. The third-order valence-corrected chi connectivity index (χ3v) is 5.58. The van der Waals surface area contributed by atoms with Crippen molar-refractivity contribution in [3.63, 3.8) is 0 Å². The van der Waals surface area contributed by atoms with Gasteiger partial charge in [0.1, 0.15) is 5.82 Å². The zero-order valence-electron chi connectivity index (χ0n) is 12.5. The molecule has 0 spiro atoms. The van der Waals surface area contributed by atoms with Crippen molar-refractivity contribution in [1.29, 1.82) is 0 Å². The lowest BCUT2D eigenvalue weighted by Crippen LogP contribution is -2.34. The number of nitrogens with zero attached hydrogens (tertiary/aromatic N) is 1. The molecule has 21 heavy (non-hydrogen) atoms. The van der Waals surface area contributed by atoms with Crippen LogP contribution in [0.4, 0.5) is 4.39 Å². The van der Waals surface area contributed by atoms with E-state index in [1.165, 1.54) is 23.4 Å². The number of sulfonamides is 1. The molecule has 1 rings (SSSR count). The minimum Gasteiger partial charge on any atom is -0.380 e. The van der Waals surface area contributed by atoms with Crippen LogP contribution in [0.2, 0.25) is 0 Å². The van der Waals surface area contributed by atoms with Crippen molar-refractivity contribution in [2.45, 2.75) is 31.5 Å². The van der Waals surface area contributed by atoms with Crippen LogP contribution in [0.15, 0.2) is 17.0 Å². The van der Waals surface area contributed by atoms with Crippen LogP contribution in [-0.2, 0) is 20.6 Å². The first-order valence-corrected chi connectivity index (χ1v) is 8.78. The van der Waals surface area contributed by atoms with E-state index >= 15 is 0 Å². The molecule has 0 atom stereocenters. The third kappa shape index (κ3) is 4.39. The number of hydrogen-bond acceptors (Lipinski definition) is 3. The second kappa shape index (κ2) is 8.08. The molecule has 0 saturated heterocycles. The first kappa shape index (κ1) is 18.4. The molecule has 0 bridgehead atoms. The fourth-order valence-corrected chi connectivity index (χ4v) is 3.82. The lowest BCUT2D eigenvalue weighted by Gasteiger charge is -2.22. The SMILES string of the molecule is CCOCCN(CC)S(=O)(=O)c1cc(CCl)cc(F)c1C. The molecular weight excluding hydrogens is 317 g/mol. The van der Waals surface area contributed by atoms with Crippen molar-refractivity contribution in [2.24, 2.45) is 0 Å². The van der Waals surface area contributed by atoms with E-state index in [9.17, 15) is 12.8 Å². The molecule has 0 aliphatic rings. The van der Waals surface area contributed by atoms with Gasteiger partial charge in [-0.2, -0.15) is 4.31 Å². The van der Waals surface area contributed by atoms with Crippen LogP contribution in [-0.4, -0.2) is 39.0 Å². The van der Waals surface area contributed by atoms with Gasteiger partial charge in [-0.05, 0) is 31.5 Å². The van der Waals surface area contributed by atoms with Crippen molar-refractivity contribution < 1.29 is 17.5 Å². The van der Waals surface area contributed by atoms with Crippen LogP contribution in [0, 0.1) is 12.7 Å². The average molecular weight is 338 g/mol. The standard InChI is InChI=1S/C14H21ClFNO3S/c1-4-17(6-7-20-5-2)21(18,19)14-9-12(10-15)8-13(16)11(14)3/h8-9H,4-7,10H2,1-3H3. The molecule has 0 aliphatic carbocycles. The van der Waals surface area contributed by atoms with Gasteiger partial charge in [0.15, 0.2) is 0 Å². The van der Waals surface area contributed by atoms with E-state index in [4.69, 9.17) is 16.3 Å². The molecule has 1 aromatic rings. The Balaban J connectivity index is 3.19. The summed E-state index contributed by atoms with van der Waals surface area (Å²) in [6.07, 6.45) is 0. The molecule has 120 valence electrons. The van der Waals surface area contributed by atoms with Crippen molar-refractivity contribution in [3.8, 4) is 0 Å². The molecular formula is C14H21ClFNO3S. The highest BCUT2D eigenvalue weighted by Crippen LogP contribution is 2.24. The van der Waals surface area contributed by atoms with Gasteiger partial charge in [0.2, 0.25) is 10.0 Å². The van der Waals surface area contributed by atoms with E-state index in [-0.39, 0.29) is 22.9 Å². The predicted molar refractivity (Wildman–Crippen MR) is 81.6 cm³/mol. The number of alkyl halides is 1. The first-order chi connectivity index (χ1) is 9.88. The fraction of sp³-hybridized carbons (Fsp3) is 0.571. The van der Waals surface area contributed by atoms with Gasteiger partial charge in [-0.3, -0.25) is 0 Å². The van der Waals surface area contributed by atoms with Gasteiger partial charge in [0.25, 0.3) is 0 Å². The molecule has 0 saturated carbocycles. The topological polar surface area (TPSA) is 46.6 Å². The van der Waals surface area contributed by atoms with Crippen molar-refractivity contribution in [3.05, 3.63) is 29.1 Å². The molecule has 0 radical (unpaired) electrons. The Morgan fingerprint density at radius 1 is 1.33 bits per heavy atom. The minimum atomic E-state index is -3.76. The van der Waals surface area contributed by atoms with E-state index < -0.39 is 15.8 Å². The highest BCUT2D eigenvalue weighted by Gasteiger charge is 2.26. The number of halogens is 2. The second-order valence-electron chi connectivity index (χ2n) is 4.53. The predicted octanol–water partition coefficient (Wildman–Crippen LogP) is 2.92. The summed E-state index contributed by atoms with van der Waals surface area (Å²) in [5, 5.41) is 0. The van der Waals surface area contributed by atoms with E-state index in [0.29, 0.717) is 25.3 Å². The Hall–Kier alpha value is -0.690. The molecule has 0 fully saturated rings. The van der Waals surface area contributed by atoms with Crippen LogP contribution < -0.4 is 0 Å². The zero-order valence-corrected chi connectivity index (χ0v) is 14.1. The highest BCUT2D eigenvalue weighted by atomic mass is 35.5. The van der Waals surface area contributed by atoms with Gasteiger partial charge in [0, 0.05) is 31.1 Å². The summed E-state index contributed by atoms with van der Waals surface area (Å²) in [5.74, 6) is -0.502. The Labute approximate surface area is 130 Å². The summed E-state index contributed by atoms with van der Waals surface area (Å²) < 4.78 is 45.7. The summed E-state index contributed by atoms with van der Waals surface area (Å²) in [7, 11) is -3.76. The lowest BCUT2D eigenvalue weighted by molar-refractivity contribution is 0.135. The summed E-state index contributed by atoms with van der Waals surface area (Å²) in [5.41, 5.74) is 0.554. The van der Waals surface area contributed by atoms with E-state index in [1.54, 1.807) is 6.92 Å². The van der Waals surface area contributed by atoms with E-state index in [0.717, 1.165) is 0 Å². The maximum atomic E-state index is 13.9. The van der Waals surface area contributed by atoms with Gasteiger partial charge in [-0.25, -0.2) is 12.8 Å². The van der Waals surface area contributed by atoms with Gasteiger partial charge in [-0.15, -0.1) is 11.6 Å². The number of hydrogen-bond donors (Lipinski definition) is 0. The van der Waals surface area contributed by atoms with Crippen molar-refractivity contribution in [1.82, 2.24) is 4.31 Å². The second-order valence-corrected chi connectivity index (χ2v) is 6.70. The maximum absolute atomic E-state index is 13.9. The summed E-state index contributed by atoms with van der Waals surface area (Å²) >= 11 is 5.69. The van der Waals surface area contributed by atoms with Gasteiger partial charge in [0.05, 0.1) is 11.5 Å². The monoisotopic (exact) mass is 337 g/mol. The molecule has 4 nitrogen and oxygen atoms in total. The zero-order chi connectivity index (χ0) is 16.0. The van der Waals surface area contributed by atoms with Gasteiger partial charge >= 0.3 is 0 Å². The van der Waals surface area contributed by atoms with Crippen LogP contribution >= 0.6 is 11.6 Å². The molecule has 0 N–H and O–H groups in total. The van der Waals surface area contributed by atoms with Crippen LogP contribution in [0.5, 0.6) is 0 Å². The lowest BCUT2D eigenvalue weighted by atomic mass is 10.1. The molecule has 0 aliphatic heterocycles. The van der Waals surface area contributed by atoms with Crippen molar-refractivity contribution in [2.75, 3.05) is 26.3 Å². The molecule has 7 heteroatoms. The summed E-state index contributed by atoms with van der Waals surface area (Å²) in [4.78, 5) is -0.0310. The Morgan fingerprint density at radius 2 is 2.00 bits per heavy atom. The number of benzene rings is 1. The number of ether oxygens (including phenoxy) is 1. The van der Waals surface area contributed by atoms with E-state index in [1.807, 2.05) is 6.92 Å². The van der Waals surface area contributed by atoms with Crippen LogP contribution in [0.25, 0.3) is 0 Å². The van der Waals surface area contributed by atoms with E-state index in [2.05, 4.69) is 0 Å². The van der Waals surface area contributed by atoms with Crippen LogP contribution in [0.1, 0.15) is 25.0 Å². The molecule has 0 aromatic heterocycles. The summed E-state index contributed by atoms with van der Waals surface area (Å²) in [6.45, 7) is 6.39. The highest BCUT2D eigenvalue weighted by molar-refractivity contribution is 7.89. The Bertz CT molecular complexity index is 578. The minimum absolute atomic E-state index is 0.0310. The average Bonchev–Trinajstić information content (AvgIpc) is 2.45. The fourth-order valence-electron chi connectivity index (χ4n) is 1.95. The normalized spacial score (nSPS) is 12.1. The van der Waals surface area contributed by atoms with Crippen molar-refractivity contribution >= 4 is 21.6 Å². The Morgan fingerprint density at radius 3 is 2.52 bits per heavy atom. The summed E-state index contributed by atoms with van der Waals surface area (Å²) in [6, 6.07) is 2.70. The van der Waals surface area contributed by atoms with Crippen LogP contribution in [0.3, 0.4) is 0 Å². The molecule has 0 amide bonds. The molecule has 1 aromatic carbocycles.